The summed E-state index contributed by atoms with van der Waals surface area (Å²) in [4.78, 5) is 0. The van der Waals surface area contributed by atoms with Crippen LogP contribution >= 0.6 is 0 Å². The average Bonchev–Trinajstić information content (AvgIpc) is 2.72. The van der Waals surface area contributed by atoms with Crippen LogP contribution in [0.5, 0.6) is 5.75 Å². The van der Waals surface area contributed by atoms with Crippen LogP contribution in [0, 0.1) is 28.1 Å². The fourth-order valence-corrected chi connectivity index (χ4v) is 4.12. The summed E-state index contributed by atoms with van der Waals surface area (Å²) < 4.78 is 6.25. The molecule has 2 saturated carbocycles. The predicted molar refractivity (Wildman–Crippen MR) is 74.8 cm³/mol. The van der Waals surface area contributed by atoms with E-state index < -0.39 is 0 Å². The van der Waals surface area contributed by atoms with Crippen LogP contribution < -0.4 is 4.74 Å². The van der Waals surface area contributed by atoms with Crippen LogP contribution in [0.3, 0.4) is 0 Å². The number of fused-ring (bicyclic) bond motifs is 2. The summed E-state index contributed by atoms with van der Waals surface area (Å²) in [6, 6.07) is 9.80. The van der Waals surface area contributed by atoms with Gasteiger partial charge in [0.15, 0.2) is 0 Å². The third-order valence-electron chi connectivity index (χ3n) is 5.99. The van der Waals surface area contributed by atoms with Gasteiger partial charge in [-0.15, -0.1) is 0 Å². The summed E-state index contributed by atoms with van der Waals surface area (Å²) >= 11 is 0. The van der Waals surface area contributed by atoms with Gasteiger partial charge >= 0.3 is 0 Å². The molecule has 100 valence electrons. The molecule has 1 aromatic carbocycles. The van der Waals surface area contributed by atoms with Gasteiger partial charge in [-0.3, -0.25) is 0 Å². The summed E-state index contributed by atoms with van der Waals surface area (Å²) in [5.74, 6) is 1.51. The number of hydrogen-bond donors (Lipinski definition) is 0. The normalized spacial score (nSPS) is 35.1. The highest BCUT2D eigenvalue weighted by molar-refractivity contribution is 5.42. The highest BCUT2D eigenvalue weighted by atomic mass is 16.5. The highest BCUT2D eigenvalue weighted by Crippen LogP contribution is 2.66. The van der Waals surface area contributed by atoms with Crippen LogP contribution in [-0.2, 0) is 0 Å². The van der Waals surface area contributed by atoms with E-state index in [-0.39, 0.29) is 11.5 Å². The maximum absolute atomic E-state index is 9.16. The summed E-state index contributed by atoms with van der Waals surface area (Å²) in [6.07, 6.45) is 3.94. The molecular weight excluding hydrogens is 234 g/mol. The Kier molecular flexibility index (Phi) is 2.64. The quantitative estimate of drug-likeness (QED) is 0.795. The minimum Gasteiger partial charge on any atom is -0.488 e. The first-order chi connectivity index (χ1) is 8.99. The molecule has 2 aliphatic carbocycles. The molecule has 0 saturated heterocycles. The fourth-order valence-electron chi connectivity index (χ4n) is 4.12. The van der Waals surface area contributed by atoms with E-state index in [9.17, 15) is 0 Å². The van der Waals surface area contributed by atoms with Crippen molar-refractivity contribution in [2.75, 3.05) is 0 Å². The summed E-state index contributed by atoms with van der Waals surface area (Å²) in [5, 5.41) is 9.16. The Labute approximate surface area is 115 Å². The van der Waals surface area contributed by atoms with Crippen molar-refractivity contribution in [2.24, 2.45) is 16.7 Å². The van der Waals surface area contributed by atoms with Crippen LogP contribution in [0.15, 0.2) is 24.3 Å². The monoisotopic (exact) mass is 255 g/mol. The van der Waals surface area contributed by atoms with E-state index in [2.05, 4.69) is 26.8 Å². The fraction of sp³-hybridized carbons (Fsp3) is 0.588. The molecule has 0 spiro atoms. The van der Waals surface area contributed by atoms with E-state index >= 15 is 0 Å². The summed E-state index contributed by atoms with van der Waals surface area (Å²) in [5.41, 5.74) is 1.23. The standard InChI is InChI=1S/C17H21NO/c1-16(2)13-8-9-17(16,3)15(10-13)19-14-7-5-4-6-12(14)11-18/h4-7,13,15H,8-10H2,1-3H3. The minimum absolute atomic E-state index is 0.236. The second-order valence-corrected chi connectivity index (χ2v) is 6.82. The second-order valence-electron chi connectivity index (χ2n) is 6.82. The SMILES string of the molecule is CC1(C)C2CCC1(C)C(Oc1ccccc1C#N)C2. The molecule has 2 fully saturated rings. The molecule has 0 heterocycles. The zero-order valence-electron chi connectivity index (χ0n) is 11.9. The summed E-state index contributed by atoms with van der Waals surface area (Å²) in [6.45, 7) is 7.12. The molecule has 0 N–H and O–H groups in total. The van der Waals surface area contributed by atoms with Gasteiger partial charge in [0.05, 0.1) is 5.56 Å². The molecule has 3 rings (SSSR count). The number of hydrogen-bond acceptors (Lipinski definition) is 2. The van der Waals surface area contributed by atoms with Gasteiger partial charge in [0.25, 0.3) is 0 Å². The van der Waals surface area contributed by atoms with Crippen molar-refractivity contribution in [3.8, 4) is 11.8 Å². The molecule has 1 aromatic rings. The Morgan fingerprint density at radius 3 is 2.58 bits per heavy atom. The number of nitrogens with zero attached hydrogens (tertiary/aromatic N) is 1. The predicted octanol–water partition coefficient (Wildman–Crippen LogP) is 4.15. The molecule has 0 aliphatic heterocycles. The van der Waals surface area contributed by atoms with Crippen molar-refractivity contribution in [3.05, 3.63) is 29.8 Å². The zero-order chi connectivity index (χ0) is 13.7. The Morgan fingerprint density at radius 1 is 1.26 bits per heavy atom. The maximum Gasteiger partial charge on any atom is 0.137 e. The number of ether oxygens (including phenoxy) is 1. The van der Waals surface area contributed by atoms with Crippen molar-refractivity contribution < 1.29 is 4.74 Å². The van der Waals surface area contributed by atoms with Gasteiger partial charge in [-0.2, -0.15) is 5.26 Å². The number of rotatable bonds is 2. The smallest absolute Gasteiger partial charge is 0.137 e. The lowest BCUT2D eigenvalue weighted by molar-refractivity contribution is 0.0300. The third-order valence-corrected chi connectivity index (χ3v) is 5.99. The van der Waals surface area contributed by atoms with Gasteiger partial charge < -0.3 is 4.74 Å². The second kappa shape index (κ2) is 4.00. The van der Waals surface area contributed by atoms with Crippen LogP contribution in [0.1, 0.15) is 45.6 Å². The first-order valence-electron chi connectivity index (χ1n) is 7.15. The Hall–Kier alpha value is -1.49. The van der Waals surface area contributed by atoms with Crippen molar-refractivity contribution >= 4 is 0 Å². The molecule has 0 aromatic heterocycles. The molecule has 0 amide bonds. The summed E-state index contributed by atoms with van der Waals surface area (Å²) in [7, 11) is 0. The first-order valence-corrected chi connectivity index (χ1v) is 7.15. The van der Waals surface area contributed by atoms with Crippen molar-refractivity contribution in [1.82, 2.24) is 0 Å². The maximum atomic E-state index is 9.16. The lowest BCUT2D eigenvalue weighted by atomic mass is 9.70. The molecule has 3 unspecified atom stereocenters. The van der Waals surface area contributed by atoms with Gasteiger partial charge in [-0.1, -0.05) is 32.9 Å². The number of para-hydroxylation sites is 1. The molecule has 2 aliphatic rings. The van der Waals surface area contributed by atoms with Gasteiger partial charge in [-0.05, 0) is 42.7 Å². The number of nitriles is 1. The molecular formula is C17H21NO. The minimum atomic E-state index is 0.236. The molecule has 0 radical (unpaired) electrons. The van der Waals surface area contributed by atoms with Gasteiger partial charge in [-0.25, -0.2) is 0 Å². The van der Waals surface area contributed by atoms with E-state index in [1.807, 2.05) is 24.3 Å². The van der Waals surface area contributed by atoms with E-state index in [1.54, 1.807) is 0 Å². The van der Waals surface area contributed by atoms with Gasteiger partial charge in [0.2, 0.25) is 0 Å². The molecule has 19 heavy (non-hydrogen) atoms. The zero-order valence-corrected chi connectivity index (χ0v) is 11.9. The molecule has 2 heteroatoms. The Morgan fingerprint density at radius 2 is 2.00 bits per heavy atom. The number of benzene rings is 1. The third kappa shape index (κ3) is 1.61. The lowest BCUT2D eigenvalue weighted by Crippen LogP contribution is -2.39. The average molecular weight is 255 g/mol. The van der Waals surface area contributed by atoms with Crippen molar-refractivity contribution in [1.29, 1.82) is 5.26 Å². The lowest BCUT2D eigenvalue weighted by Gasteiger charge is -2.39. The first kappa shape index (κ1) is 12.5. The van der Waals surface area contributed by atoms with E-state index in [4.69, 9.17) is 10.00 Å². The molecule has 2 bridgehead atoms. The van der Waals surface area contributed by atoms with Crippen LogP contribution in [0.25, 0.3) is 0 Å². The van der Waals surface area contributed by atoms with Crippen molar-refractivity contribution in [3.63, 3.8) is 0 Å². The van der Waals surface area contributed by atoms with Gasteiger partial charge in [0, 0.05) is 5.41 Å². The van der Waals surface area contributed by atoms with E-state index in [1.165, 1.54) is 12.8 Å². The highest BCUT2D eigenvalue weighted by Gasteiger charge is 2.62. The van der Waals surface area contributed by atoms with Gasteiger partial charge in [0.1, 0.15) is 17.9 Å². The Bertz CT molecular complexity index is 542. The molecule has 2 nitrogen and oxygen atoms in total. The van der Waals surface area contributed by atoms with E-state index in [0.29, 0.717) is 11.0 Å². The van der Waals surface area contributed by atoms with Crippen molar-refractivity contribution in [2.45, 2.75) is 46.1 Å². The Balaban J connectivity index is 1.89. The van der Waals surface area contributed by atoms with Crippen LogP contribution in [0.2, 0.25) is 0 Å². The largest absolute Gasteiger partial charge is 0.488 e. The van der Waals surface area contributed by atoms with E-state index in [0.717, 1.165) is 18.1 Å². The van der Waals surface area contributed by atoms with Crippen LogP contribution in [-0.4, -0.2) is 6.10 Å². The molecule has 3 atom stereocenters. The van der Waals surface area contributed by atoms with Crippen LogP contribution in [0.4, 0.5) is 0 Å². The topological polar surface area (TPSA) is 33.0 Å².